The molecule has 1 aromatic carbocycles. The summed E-state index contributed by atoms with van der Waals surface area (Å²) in [5.74, 6) is 1.60. The molecule has 3 aliphatic rings. The molecule has 2 atom stereocenters. The number of Topliss-reactive ketones (excluding diaryl/α,β-unsaturated/α-hetero) is 1. The van der Waals surface area contributed by atoms with E-state index >= 15 is 0 Å². The van der Waals surface area contributed by atoms with Gasteiger partial charge in [-0.05, 0) is 43.0 Å². The number of anilines is 1. The fraction of sp³-hybridized carbons (Fsp3) is 0.346. The smallest absolute Gasteiger partial charge is 0.203 e. The van der Waals surface area contributed by atoms with Crippen LogP contribution >= 0.6 is 0 Å². The average molecular weight is 428 g/mol. The summed E-state index contributed by atoms with van der Waals surface area (Å²) in [6, 6.07) is 14.7. The molecule has 6 nitrogen and oxygen atoms in total. The van der Waals surface area contributed by atoms with Crippen molar-refractivity contribution < 1.29 is 4.79 Å². The predicted octanol–water partition coefficient (Wildman–Crippen LogP) is 4.70. The van der Waals surface area contributed by atoms with Crippen LogP contribution in [0.15, 0.2) is 77.2 Å². The van der Waals surface area contributed by atoms with Gasteiger partial charge in [0, 0.05) is 41.7 Å². The number of allylic oxidation sites excluding steroid dienone is 1. The fourth-order valence-corrected chi connectivity index (χ4v) is 4.93. The van der Waals surface area contributed by atoms with Gasteiger partial charge >= 0.3 is 0 Å². The molecule has 0 spiro atoms. The molecule has 32 heavy (non-hydrogen) atoms. The quantitative estimate of drug-likeness (QED) is 0.740. The summed E-state index contributed by atoms with van der Waals surface area (Å²) < 4.78 is 0. The van der Waals surface area contributed by atoms with Crippen molar-refractivity contribution in [3.8, 4) is 11.1 Å². The number of pyridine rings is 1. The van der Waals surface area contributed by atoms with Crippen LogP contribution in [0.2, 0.25) is 0 Å². The molecule has 2 aliphatic heterocycles. The van der Waals surface area contributed by atoms with Crippen molar-refractivity contribution in [1.29, 1.82) is 0 Å². The number of rotatable bonds is 4. The highest BCUT2D eigenvalue weighted by Gasteiger charge is 2.38. The number of benzene rings is 1. The number of carbonyl (C=O) groups is 1. The molecular formula is C26H29N5O. The van der Waals surface area contributed by atoms with E-state index in [2.05, 4.69) is 51.8 Å². The number of nitrogens with one attached hydrogen (secondary N) is 2. The maximum absolute atomic E-state index is 12.3. The van der Waals surface area contributed by atoms with Gasteiger partial charge in [-0.1, -0.05) is 50.1 Å². The Bertz CT molecular complexity index is 1080. The molecule has 0 radical (unpaired) electrons. The summed E-state index contributed by atoms with van der Waals surface area (Å²) in [6.45, 7) is 3.75. The molecule has 2 N–H and O–H groups in total. The van der Waals surface area contributed by atoms with Crippen molar-refractivity contribution in [2.24, 2.45) is 10.9 Å². The monoisotopic (exact) mass is 427 g/mol. The zero-order valence-electron chi connectivity index (χ0n) is 18.6. The molecule has 0 amide bonds. The highest BCUT2D eigenvalue weighted by Crippen LogP contribution is 2.38. The first-order chi connectivity index (χ1) is 15.6. The third kappa shape index (κ3) is 3.93. The van der Waals surface area contributed by atoms with Gasteiger partial charge in [-0.3, -0.25) is 4.79 Å². The number of ketones is 1. The van der Waals surface area contributed by atoms with Crippen LogP contribution in [-0.4, -0.2) is 33.8 Å². The summed E-state index contributed by atoms with van der Waals surface area (Å²) in [4.78, 5) is 24.2. The van der Waals surface area contributed by atoms with Gasteiger partial charge in [-0.25, -0.2) is 9.98 Å². The lowest BCUT2D eigenvalue weighted by Crippen LogP contribution is -2.48. The second-order valence-electron chi connectivity index (χ2n) is 8.81. The highest BCUT2D eigenvalue weighted by atomic mass is 16.1. The zero-order valence-corrected chi connectivity index (χ0v) is 18.6. The van der Waals surface area contributed by atoms with Crippen LogP contribution in [0, 0.1) is 5.92 Å². The van der Waals surface area contributed by atoms with Crippen LogP contribution in [0.25, 0.3) is 11.1 Å². The van der Waals surface area contributed by atoms with Crippen molar-refractivity contribution >= 4 is 17.6 Å². The molecule has 5 rings (SSSR count). The van der Waals surface area contributed by atoms with E-state index in [1.807, 2.05) is 36.7 Å². The number of aromatic nitrogens is 1. The van der Waals surface area contributed by atoms with Crippen LogP contribution < -0.4 is 10.6 Å². The molecule has 0 saturated heterocycles. The number of carbonyl (C=O) groups excluding carboxylic acids is 1. The second kappa shape index (κ2) is 8.61. The third-order valence-electron chi connectivity index (χ3n) is 6.73. The van der Waals surface area contributed by atoms with E-state index in [1.54, 1.807) is 6.92 Å². The zero-order chi connectivity index (χ0) is 22.1. The molecule has 1 aromatic heterocycles. The number of guanidine groups is 1. The van der Waals surface area contributed by atoms with Crippen LogP contribution in [0.5, 0.6) is 0 Å². The van der Waals surface area contributed by atoms with Gasteiger partial charge in [0.2, 0.25) is 5.96 Å². The van der Waals surface area contributed by atoms with E-state index in [1.165, 1.54) is 12.8 Å². The highest BCUT2D eigenvalue weighted by molar-refractivity contribution is 5.96. The van der Waals surface area contributed by atoms with Gasteiger partial charge < -0.3 is 15.5 Å². The van der Waals surface area contributed by atoms with Crippen LogP contribution in [0.3, 0.4) is 0 Å². The van der Waals surface area contributed by atoms with Gasteiger partial charge in [0.25, 0.3) is 0 Å². The van der Waals surface area contributed by atoms with Gasteiger partial charge in [0.05, 0.1) is 0 Å². The van der Waals surface area contributed by atoms with Crippen molar-refractivity contribution in [2.75, 3.05) is 5.32 Å². The van der Waals surface area contributed by atoms with Gasteiger partial charge in [-0.2, -0.15) is 0 Å². The first-order valence-corrected chi connectivity index (χ1v) is 11.4. The maximum Gasteiger partial charge on any atom is 0.203 e. The fourth-order valence-electron chi connectivity index (χ4n) is 4.93. The lowest BCUT2D eigenvalue weighted by atomic mass is 9.85. The van der Waals surface area contributed by atoms with Crippen molar-refractivity contribution in [3.63, 3.8) is 0 Å². The summed E-state index contributed by atoms with van der Waals surface area (Å²) in [6.07, 6.45) is 10.6. The maximum atomic E-state index is 12.3. The lowest BCUT2D eigenvalue weighted by molar-refractivity contribution is -0.114. The Morgan fingerprint density at radius 2 is 1.88 bits per heavy atom. The molecule has 2 aromatic rings. The summed E-state index contributed by atoms with van der Waals surface area (Å²) in [5, 5.41) is 6.61. The minimum Gasteiger partial charge on any atom is -0.349 e. The Hall–Kier alpha value is -3.41. The van der Waals surface area contributed by atoms with Gasteiger partial charge in [-0.15, -0.1) is 0 Å². The molecule has 3 heterocycles. The van der Waals surface area contributed by atoms with E-state index in [4.69, 9.17) is 4.99 Å². The third-order valence-corrected chi connectivity index (χ3v) is 6.73. The van der Waals surface area contributed by atoms with Crippen LogP contribution in [-0.2, 0) is 4.79 Å². The first kappa shape index (κ1) is 20.5. The summed E-state index contributed by atoms with van der Waals surface area (Å²) in [5.41, 5.74) is 4.23. The molecule has 164 valence electrons. The lowest BCUT2D eigenvalue weighted by Gasteiger charge is -2.42. The Morgan fingerprint density at radius 1 is 1.09 bits per heavy atom. The Labute approximate surface area is 189 Å². The van der Waals surface area contributed by atoms with E-state index < -0.39 is 0 Å². The summed E-state index contributed by atoms with van der Waals surface area (Å²) >= 11 is 0. The standard InChI is InChI=1S/C26H29N5O/c1-17-22-15-28-26(29-24-13-12-20(14-27-24)19-8-4-3-5-9-19)30-25(22)31(16-23(17)18(2)32)21-10-6-7-11-21/h3-5,8-9,12-17,21,25H,6-7,10-11H2,1-2H3,(H2,27,28,29,30). The van der Waals surface area contributed by atoms with E-state index in [0.29, 0.717) is 12.0 Å². The predicted molar refractivity (Wildman–Crippen MR) is 128 cm³/mol. The number of nitrogens with zero attached hydrogens (tertiary/aromatic N) is 3. The number of hydrogen-bond donors (Lipinski definition) is 2. The number of fused-ring (bicyclic) bond motifs is 1. The molecule has 2 unspecified atom stereocenters. The molecule has 6 heteroatoms. The Balaban J connectivity index is 1.38. The minimum atomic E-state index is -0.0939. The molecule has 1 saturated carbocycles. The van der Waals surface area contributed by atoms with Crippen molar-refractivity contribution in [1.82, 2.24) is 15.2 Å². The second-order valence-corrected chi connectivity index (χ2v) is 8.81. The van der Waals surface area contributed by atoms with Crippen molar-refractivity contribution in [3.05, 3.63) is 72.2 Å². The van der Waals surface area contributed by atoms with Crippen LogP contribution in [0.4, 0.5) is 5.82 Å². The number of hydrogen-bond acceptors (Lipinski definition) is 6. The van der Waals surface area contributed by atoms with Gasteiger partial charge in [0.1, 0.15) is 12.0 Å². The Morgan fingerprint density at radius 3 is 2.56 bits per heavy atom. The SMILES string of the molecule is CC(=O)C1=CN(C2CCCC2)C2N=C(Nc3ccc(-c4ccccc4)cn3)NC=C2C1C. The van der Waals surface area contributed by atoms with Crippen molar-refractivity contribution in [2.45, 2.75) is 51.7 Å². The largest absolute Gasteiger partial charge is 0.349 e. The first-order valence-electron chi connectivity index (χ1n) is 11.4. The minimum absolute atomic E-state index is 0.0521. The molecule has 1 fully saturated rings. The number of aliphatic imine (C=N–C) groups is 1. The van der Waals surface area contributed by atoms with E-state index in [9.17, 15) is 4.79 Å². The normalized spacial score (nSPS) is 22.9. The van der Waals surface area contributed by atoms with Gasteiger partial charge in [0.15, 0.2) is 5.78 Å². The van der Waals surface area contributed by atoms with E-state index in [-0.39, 0.29) is 17.9 Å². The Kier molecular flexibility index (Phi) is 5.52. The van der Waals surface area contributed by atoms with Crippen LogP contribution in [0.1, 0.15) is 39.5 Å². The average Bonchev–Trinajstić information content (AvgIpc) is 3.35. The summed E-state index contributed by atoms with van der Waals surface area (Å²) in [7, 11) is 0. The molecule has 1 aliphatic carbocycles. The topological polar surface area (TPSA) is 69.6 Å². The van der Waals surface area contributed by atoms with E-state index in [0.717, 1.165) is 40.9 Å². The molecule has 0 bridgehead atoms. The molecular weight excluding hydrogens is 398 g/mol.